The van der Waals surface area contributed by atoms with Gasteiger partial charge in [0.15, 0.2) is 4.34 Å². The first-order valence-corrected chi connectivity index (χ1v) is 8.24. The maximum absolute atomic E-state index is 12.2. The molecule has 0 unspecified atom stereocenters. The molecule has 0 spiro atoms. The Kier molecular flexibility index (Phi) is 4.25. The summed E-state index contributed by atoms with van der Waals surface area (Å²) in [5, 5.41) is 1.77. The second kappa shape index (κ2) is 5.58. The molecule has 1 fully saturated rings. The van der Waals surface area contributed by atoms with Gasteiger partial charge in [-0.25, -0.2) is 9.78 Å². The Labute approximate surface area is 119 Å². The summed E-state index contributed by atoms with van der Waals surface area (Å²) in [6, 6.07) is 0. The number of aromatic nitrogens is 1. The molecule has 2 heterocycles. The van der Waals surface area contributed by atoms with Gasteiger partial charge in [0, 0.05) is 24.7 Å². The highest BCUT2D eigenvalue weighted by Crippen LogP contribution is 2.23. The maximum Gasteiger partial charge on any atom is 0.410 e. The van der Waals surface area contributed by atoms with Crippen LogP contribution >= 0.6 is 11.3 Å². The van der Waals surface area contributed by atoms with Crippen molar-refractivity contribution < 1.29 is 13.7 Å². The second-order valence-electron chi connectivity index (χ2n) is 5.43. The standard InChI is InChI=1S/C12H18N2O3S2/c1-12(2,3)17-11(15)14-6-4-9(8-14)19(16)10-13-5-7-18-10/h5,7,9H,4,6,8H2,1-3H3/t9-,19-/m1/s1. The SMILES string of the molecule is CC(C)(C)OC(=O)N1CC[C@@H]([S@@](=O)c2nccs2)C1. The van der Waals surface area contributed by atoms with Gasteiger partial charge < -0.3 is 9.64 Å². The van der Waals surface area contributed by atoms with E-state index in [2.05, 4.69) is 4.98 Å². The van der Waals surface area contributed by atoms with Crippen molar-refractivity contribution in [3.63, 3.8) is 0 Å². The quantitative estimate of drug-likeness (QED) is 0.841. The lowest BCUT2D eigenvalue weighted by atomic mass is 10.2. The molecule has 1 amide bonds. The van der Waals surface area contributed by atoms with E-state index in [1.54, 1.807) is 11.1 Å². The van der Waals surface area contributed by atoms with Crippen LogP contribution in [0.4, 0.5) is 4.79 Å². The van der Waals surface area contributed by atoms with E-state index in [1.165, 1.54) is 11.3 Å². The Morgan fingerprint density at radius 2 is 2.32 bits per heavy atom. The molecule has 19 heavy (non-hydrogen) atoms. The summed E-state index contributed by atoms with van der Waals surface area (Å²) in [5.74, 6) is 0. The minimum absolute atomic E-state index is 0.0429. The Morgan fingerprint density at radius 1 is 1.58 bits per heavy atom. The zero-order valence-corrected chi connectivity index (χ0v) is 12.9. The molecule has 0 aromatic carbocycles. The van der Waals surface area contributed by atoms with Gasteiger partial charge in [0.1, 0.15) is 5.60 Å². The van der Waals surface area contributed by atoms with E-state index in [0.717, 1.165) is 6.42 Å². The molecule has 0 aliphatic carbocycles. The van der Waals surface area contributed by atoms with E-state index in [4.69, 9.17) is 4.74 Å². The highest BCUT2D eigenvalue weighted by atomic mass is 32.2. The smallest absolute Gasteiger partial charge is 0.410 e. The number of rotatable bonds is 2. The number of carbonyl (C=O) groups excluding carboxylic acids is 1. The maximum atomic E-state index is 12.2. The molecule has 0 bridgehead atoms. The van der Waals surface area contributed by atoms with Gasteiger partial charge in [-0.15, -0.1) is 11.3 Å². The van der Waals surface area contributed by atoms with Crippen molar-refractivity contribution in [1.29, 1.82) is 0 Å². The number of hydrogen-bond acceptors (Lipinski definition) is 5. The molecule has 7 heteroatoms. The number of amides is 1. The summed E-state index contributed by atoms with van der Waals surface area (Å²) < 4.78 is 18.2. The van der Waals surface area contributed by atoms with Crippen LogP contribution in [0.3, 0.4) is 0 Å². The predicted octanol–water partition coefficient (Wildman–Crippen LogP) is 2.26. The molecule has 1 aliphatic rings. The largest absolute Gasteiger partial charge is 0.444 e. The van der Waals surface area contributed by atoms with Crippen LogP contribution in [0, 0.1) is 0 Å². The van der Waals surface area contributed by atoms with Crippen LogP contribution < -0.4 is 0 Å². The van der Waals surface area contributed by atoms with Crippen molar-refractivity contribution in [3.05, 3.63) is 11.6 Å². The van der Waals surface area contributed by atoms with Gasteiger partial charge in [-0.3, -0.25) is 4.21 Å². The molecule has 0 N–H and O–H groups in total. The number of ether oxygens (including phenoxy) is 1. The third kappa shape index (κ3) is 3.76. The lowest BCUT2D eigenvalue weighted by Gasteiger charge is -2.24. The van der Waals surface area contributed by atoms with E-state index >= 15 is 0 Å². The summed E-state index contributed by atoms with van der Waals surface area (Å²) in [6.45, 7) is 6.59. The number of hydrogen-bond donors (Lipinski definition) is 0. The van der Waals surface area contributed by atoms with Gasteiger partial charge in [0.2, 0.25) is 0 Å². The Hall–Kier alpha value is -0.950. The fraction of sp³-hybridized carbons (Fsp3) is 0.667. The molecule has 106 valence electrons. The van der Waals surface area contributed by atoms with Crippen molar-refractivity contribution in [1.82, 2.24) is 9.88 Å². The first-order valence-electron chi connectivity index (χ1n) is 6.15. The summed E-state index contributed by atoms with van der Waals surface area (Å²) in [7, 11) is -1.13. The Morgan fingerprint density at radius 3 is 2.89 bits per heavy atom. The average Bonchev–Trinajstić information content (AvgIpc) is 2.98. The summed E-state index contributed by atoms with van der Waals surface area (Å²) in [6.07, 6.45) is 2.05. The van der Waals surface area contributed by atoms with Gasteiger partial charge in [0.05, 0.1) is 16.0 Å². The molecule has 1 aromatic rings. The summed E-state index contributed by atoms with van der Waals surface area (Å²) >= 11 is 1.39. The third-order valence-corrected chi connectivity index (χ3v) is 5.47. The average molecular weight is 302 g/mol. The number of thiazole rings is 1. The molecular formula is C12H18N2O3S2. The van der Waals surface area contributed by atoms with Crippen LogP contribution in [0.5, 0.6) is 0 Å². The van der Waals surface area contributed by atoms with Crippen LogP contribution in [0.15, 0.2) is 15.9 Å². The fourth-order valence-electron chi connectivity index (χ4n) is 1.85. The van der Waals surface area contributed by atoms with Crippen molar-refractivity contribution in [2.45, 2.75) is 42.4 Å². The normalized spacial score (nSPS) is 21.4. The fourth-order valence-corrected chi connectivity index (χ4v) is 4.25. The molecule has 2 atom stereocenters. The predicted molar refractivity (Wildman–Crippen MR) is 74.7 cm³/mol. The van der Waals surface area contributed by atoms with Crippen LogP contribution in [0.25, 0.3) is 0 Å². The molecule has 1 aromatic heterocycles. The molecule has 0 radical (unpaired) electrons. The number of nitrogens with zero attached hydrogens (tertiary/aromatic N) is 2. The van der Waals surface area contributed by atoms with Crippen molar-refractivity contribution >= 4 is 28.2 Å². The van der Waals surface area contributed by atoms with E-state index in [-0.39, 0.29) is 11.3 Å². The summed E-state index contributed by atoms with van der Waals surface area (Å²) in [5.41, 5.74) is -0.496. The van der Waals surface area contributed by atoms with Crippen LogP contribution in [-0.2, 0) is 15.5 Å². The molecule has 2 rings (SSSR count). The Bertz CT molecular complexity index is 468. The van der Waals surface area contributed by atoms with Gasteiger partial charge in [-0.05, 0) is 27.2 Å². The van der Waals surface area contributed by atoms with Gasteiger partial charge in [-0.1, -0.05) is 0 Å². The highest BCUT2D eigenvalue weighted by molar-refractivity contribution is 7.87. The topological polar surface area (TPSA) is 59.5 Å². The summed E-state index contributed by atoms with van der Waals surface area (Å²) in [4.78, 5) is 17.6. The van der Waals surface area contributed by atoms with Crippen LogP contribution in [0.2, 0.25) is 0 Å². The Balaban J connectivity index is 1.93. The third-order valence-electron chi connectivity index (χ3n) is 2.68. The van der Waals surface area contributed by atoms with E-state index in [0.29, 0.717) is 17.4 Å². The van der Waals surface area contributed by atoms with Crippen molar-refractivity contribution in [2.24, 2.45) is 0 Å². The van der Waals surface area contributed by atoms with Gasteiger partial charge >= 0.3 is 6.09 Å². The first kappa shape index (κ1) is 14.5. The van der Waals surface area contributed by atoms with E-state index < -0.39 is 16.4 Å². The molecular weight excluding hydrogens is 284 g/mol. The van der Waals surface area contributed by atoms with Crippen LogP contribution in [-0.4, -0.2) is 44.1 Å². The lowest BCUT2D eigenvalue weighted by Crippen LogP contribution is -2.36. The molecule has 5 nitrogen and oxygen atoms in total. The van der Waals surface area contributed by atoms with Crippen molar-refractivity contribution in [2.75, 3.05) is 13.1 Å². The van der Waals surface area contributed by atoms with Crippen molar-refractivity contribution in [3.8, 4) is 0 Å². The van der Waals surface area contributed by atoms with Gasteiger partial charge in [-0.2, -0.15) is 0 Å². The zero-order valence-electron chi connectivity index (χ0n) is 11.3. The lowest BCUT2D eigenvalue weighted by molar-refractivity contribution is 0.0295. The zero-order chi connectivity index (χ0) is 14.0. The van der Waals surface area contributed by atoms with Crippen LogP contribution in [0.1, 0.15) is 27.2 Å². The second-order valence-corrected chi connectivity index (χ2v) is 8.23. The first-order chi connectivity index (χ1) is 8.87. The minimum Gasteiger partial charge on any atom is -0.444 e. The monoisotopic (exact) mass is 302 g/mol. The number of carbonyl (C=O) groups is 1. The molecule has 0 saturated carbocycles. The minimum atomic E-state index is -1.13. The highest BCUT2D eigenvalue weighted by Gasteiger charge is 2.33. The molecule has 1 saturated heterocycles. The van der Waals surface area contributed by atoms with E-state index in [9.17, 15) is 9.00 Å². The van der Waals surface area contributed by atoms with E-state index in [1.807, 2.05) is 26.2 Å². The molecule has 1 aliphatic heterocycles. The number of likely N-dealkylation sites (tertiary alicyclic amines) is 1. The van der Waals surface area contributed by atoms with Gasteiger partial charge in [0.25, 0.3) is 0 Å².